The Labute approximate surface area is 198 Å². The average molecular weight is 474 g/mol. The zero-order valence-corrected chi connectivity index (χ0v) is 20.4. The number of hydrogen-bond acceptors (Lipinski definition) is 6. The van der Waals surface area contributed by atoms with E-state index in [-0.39, 0.29) is 28.6 Å². The minimum atomic E-state index is -2.44. The summed E-state index contributed by atoms with van der Waals surface area (Å²) in [5.74, 6) is 1.39. The molecule has 33 heavy (non-hydrogen) atoms. The third kappa shape index (κ3) is 7.03. The predicted molar refractivity (Wildman–Crippen MR) is 128 cm³/mol. The zero-order valence-electron chi connectivity index (χ0n) is 19.5. The number of unbranched alkanes of at least 4 members (excludes halogenated alkanes) is 1. The van der Waals surface area contributed by atoms with E-state index in [0.717, 1.165) is 50.3 Å². The molecule has 2 aromatic rings. The number of aryl methyl sites for hydroxylation is 1. The van der Waals surface area contributed by atoms with Crippen LogP contribution in [-0.2, 0) is 17.5 Å². The maximum Gasteiger partial charge on any atom is 0.254 e. The number of rotatable bonds is 11. The maximum atomic E-state index is 12.6. The molecule has 1 heterocycles. The third-order valence-electron chi connectivity index (χ3n) is 5.56. The largest absolute Gasteiger partial charge is 0.768 e. The highest BCUT2D eigenvalue weighted by Crippen LogP contribution is 2.37. The summed E-state index contributed by atoms with van der Waals surface area (Å²) in [4.78, 5) is 14.2. The van der Waals surface area contributed by atoms with Gasteiger partial charge in [0.2, 0.25) is 0 Å². The molecule has 0 aromatic heterocycles. The molecule has 0 aliphatic carbocycles. The van der Waals surface area contributed by atoms with Crippen LogP contribution >= 0.6 is 0 Å². The van der Waals surface area contributed by atoms with Crippen molar-refractivity contribution in [1.29, 1.82) is 0 Å². The first-order valence-corrected chi connectivity index (χ1v) is 12.5. The van der Waals surface area contributed by atoms with E-state index in [2.05, 4.69) is 11.4 Å². The van der Waals surface area contributed by atoms with E-state index >= 15 is 0 Å². The Bertz CT molecular complexity index is 966. The number of nitrogens with zero attached hydrogens (tertiary/aromatic N) is 1. The van der Waals surface area contributed by atoms with E-state index in [9.17, 15) is 13.6 Å². The SMILES string of the molecule is CC(C)Oc1cccc2c1OC(CNCCCCN(C)C(=O)c1ccccc1S(=O)[O-])CC2. The second-order valence-electron chi connectivity index (χ2n) is 8.56. The Morgan fingerprint density at radius 1 is 1.24 bits per heavy atom. The van der Waals surface area contributed by atoms with Crippen molar-refractivity contribution in [2.45, 2.75) is 56.6 Å². The minimum absolute atomic E-state index is 0.0343. The molecule has 2 atom stereocenters. The molecular weight excluding hydrogens is 440 g/mol. The normalized spacial score (nSPS) is 16.1. The second-order valence-corrected chi connectivity index (χ2v) is 9.47. The van der Waals surface area contributed by atoms with Gasteiger partial charge in [0.1, 0.15) is 6.10 Å². The van der Waals surface area contributed by atoms with Crippen LogP contribution in [0.2, 0.25) is 0 Å². The van der Waals surface area contributed by atoms with E-state index in [4.69, 9.17) is 9.47 Å². The van der Waals surface area contributed by atoms with Crippen molar-refractivity contribution in [2.75, 3.05) is 26.7 Å². The molecule has 3 rings (SSSR count). The molecule has 0 fully saturated rings. The van der Waals surface area contributed by atoms with Gasteiger partial charge in [-0.25, -0.2) is 0 Å². The summed E-state index contributed by atoms with van der Waals surface area (Å²) in [6.45, 7) is 6.15. The molecule has 180 valence electrons. The summed E-state index contributed by atoms with van der Waals surface area (Å²) in [5, 5.41) is 3.45. The van der Waals surface area contributed by atoms with Crippen LogP contribution in [0, 0.1) is 0 Å². The lowest BCUT2D eigenvalue weighted by Crippen LogP contribution is -2.35. The molecule has 0 spiro atoms. The number of amides is 1. The summed E-state index contributed by atoms with van der Waals surface area (Å²) in [6.07, 6.45) is 3.85. The molecule has 8 heteroatoms. The Balaban J connectivity index is 1.39. The van der Waals surface area contributed by atoms with Crippen LogP contribution in [0.25, 0.3) is 0 Å². The van der Waals surface area contributed by atoms with Gasteiger partial charge in [-0.2, -0.15) is 0 Å². The van der Waals surface area contributed by atoms with E-state index in [1.807, 2.05) is 26.0 Å². The standard InChI is InChI=1S/C25H34N2O5S/c1-18(2)31-22-11-8-9-19-13-14-20(32-24(19)22)17-26-15-6-7-16-27(3)25(28)21-10-4-5-12-23(21)33(29)30/h4-5,8-12,18,20,26H,6-7,13-17H2,1-3H3,(H,29,30)/p-1. The number of hydrogen-bond donors (Lipinski definition) is 1. The van der Waals surface area contributed by atoms with Crippen LogP contribution in [-0.4, -0.2) is 58.5 Å². The molecule has 0 radical (unpaired) electrons. The summed E-state index contributed by atoms with van der Waals surface area (Å²) in [7, 11) is 1.70. The molecular formula is C25H33N2O5S-. The summed E-state index contributed by atoms with van der Waals surface area (Å²) < 4.78 is 34.8. The molecule has 0 saturated heterocycles. The second kappa shape index (κ2) is 12.2. The zero-order chi connectivity index (χ0) is 23.8. The minimum Gasteiger partial charge on any atom is -0.768 e. The molecule has 1 N–H and O–H groups in total. The van der Waals surface area contributed by atoms with Gasteiger partial charge in [-0.05, 0) is 80.9 Å². The fourth-order valence-corrected chi connectivity index (χ4v) is 4.41. The highest BCUT2D eigenvalue weighted by Gasteiger charge is 2.23. The Morgan fingerprint density at radius 3 is 2.79 bits per heavy atom. The van der Waals surface area contributed by atoms with Crippen molar-refractivity contribution in [3.8, 4) is 11.5 Å². The topological polar surface area (TPSA) is 90.9 Å². The predicted octanol–water partition coefficient (Wildman–Crippen LogP) is 3.55. The van der Waals surface area contributed by atoms with E-state index in [1.165, 1.54) is 11.6 Å². The van der Waals surface area contributed by atoms with Gasteiger partial charge in [0.15, 0.2) is 11.5 Å². The number of ether oxygens (including phenoxy) is 2. The van der Waals surface area contributed by atoms with Gasteiger partial charge in [-0.1, -0.05) is 24.3 Å². The number of carbonyl (C=O) groups excluding carboxylic acids is 1. The Morgan fingerprint density at radius 2 is 2.03 bits per heavy atom. The van der Waals surface area contributed by atoms with E-state index in [0.29, 0.717) is 6.54 Å². The highest BCUT2D eigenvalue weighted by molar-refractivity contribution is 7.79. The summed E-state index contributed by atoms with van der Waals surface area (Å²) in [5.41, 5.74) is 1.40. The quantitative estimate of drug-likeness (QED) is 0.396. The molecule has 7 nitrogen and oxygen atoms in total. The average Bonchev–Trinajstić information content (AvgIpc) is 2.80. The summed E-state index contributed by atoms with van der Waals surface area (Å²) in [6, 6.07) is 12.3. The molecule has 2 aromatic carbocycles. The summed E-state index contributed by atoms with van der Waals surface area (Å²) >= 11 is -2.44. The van der Waals surface area contributed by atoms with Crippen LogP contribution in [0.3, 0.4) is 0 Å². The van der Waals surface area contributed by atoms with Crippen molar-refractivity contribution >= 4 is 17.0 Å². The lowest BCUT2D eigenvalue weighted by Gasteiger charge is -2.28. The Hall–Kier alpha value is -2.42. The van der Waals surface area contributed by atoms with Crippen molar-refractivity contribution in [3.63, 3.8) is 0 Å². The Kier molecular flexibility index (Phi) is 9.29. The molecule has 1 aliphatic heterocycles. The van der Waals surface area contributed by atoms with E-state index < -0.39 is 11.1 Å². The van der Waals surface area contributed by atoms with Crippen LogP contribution < -0.4 is 14.8 Å². The first kappa shape index (κ1) is 25.2. The molecule has 0 saturated carbocycles. The first-order valence-electron chi connectivity index (χ1n) is 11.5. The van der Waals surface area contributed by atoms with Crippen LogP contribution in [0.1, 0.15) is 49.0 Å². The number of carbonyl (C=O) groups is 1. The van der Waals surface area contributed by atoms with E-state index in [1.54, 1.807) is 30.1 Å². The van der Waals surface area contributed by atoms with Gasteiger partial charge < -0.3 is 24.2 Å². The van der Waals surface area contributed by atoms with Crippen LogP contribution in [0.4, 0.5) is 0 Å². The molecule has 2 unspecified atom stereocenters. The third-order valence-corrected chi connectivity index (χ3v) is 6.27. The number of para-hydroxylation sites is 1. The number of nitrogens with one attached hydrogen (secondary N) is 1. The fourth-order valence-electron chi connectivity index (χ4n) is 3.88. The van der Waals surface area contributed by atoms with Gasteiger partial charge in [-0.15, -0.1) is 0 Å². The molecule has 1 amide bonds. The smallest absolute Gasteiger partial charge is 0.254 e. The first-order chi connectivity index (χ1) is 15.9. The van der Waals surface area contributed by atoms with Gasteiger partial charge >= 0.3 is 0 Å². The number of fused-ring (bicyclic) bond motifs is 1. The van der Waals surface area contributed by atoms with Crippen molar-refractivity contribution in [1.82, 2.24) is 10.2 Å². The maximum absolute atomic E-state index is 12.6. The monoisotopic (exact) mass is 473 g/mol. The van der Waals surface area contributed by atoms with Gasteiger partial charge in [0.25, 0.3) is 5.91 Å². The van der Waals surface area contributed by atoms with Crippen molar-refractivity contribution in [2.24, 2.45) is 0 Å². The fraction of sp³-hybridized carbons (Fsp3) is 0.480. The molecule has 1 aliphatic rings. The van der Waals surface area contributed by atoms with Crippen LogP contribution in [0.15, 0.2) is 47.4 Å². The lowest BCUT2D eigenvalue weighted by molar-refractivity contribution is 0.0788. The number of benzene rings is 2. The van der Waals surface area contributed by atoms with Gasteiger partial charge in [0.05, 0.1) is 11.7 Å². The van der Waals surface area contributed by atoms with Crippen LogP contribution in [0.5, 0.6) is 11.5 Å². The van der Waals surface area contributed by atoms with Crippen molar-refractivity contribution < 1.29 is 23.0 Å². The van der Waals surface area contributed by atoms with Gasteiger partial charge in [0, 0.05) is 25.0 Å². The highest BCUT2D eigenvalue weighted by atomic mass is 32.2. The van der Waals surface area contributed by atoms with Crippen molar-refractivity contribution in [3.05, 3.63) is 53.6 Å². The lowest BCUT2D eigenvalue weighted by atomic mass is 10.0. The molecule has 0 bridgehead atoms. The van der Waals surface area contributed by atoms with Gasteiger partial charge in [-0.3, -0.25) is 9.00 Å².